The normalized spacial score (nSPS) is 17.1. The lowest BCUT2D eigenvalue weighted by Gasteiger charge is -2.31. The van der Waals surface area contributed by atoms with Gasteiger partial charge in [0.25, 0.3) is 0 Å². The van der Waals surface area contributed by atoms with E-state index < -0.39 is 11.8 Å². The third kappa shape index (κ3) is 5.36. The van der Waals surface area contributed by atoms with E-state index in [1.165, 1.54) is 6.08 Å². The van der Waals surface area contributed by atoms with Crippen molar-refractivity contribution in [2.45, 2.75) is 24.9 Å². The molecule has 3 aromatic rings. The number of aliphatic hydroxyl groups is 2. The summed E-state index contributed by atoms with van der Waals surface area (Å²) < 4.78 is 0. The van der Waals surface area contributed by atoms with Gasteiger partial charge in [-0.25, -0.2) is 0 Å². The van der Waals surface area contributed by atoms with Crippen molar-refractivity contribution in [3.05, 3.63) is 108 Å². The van der Waals surface area contributed by atoms with Crippen molar-refractivity contribution in [2.75, 3.05) is 16.8 Å². The van der Waals surface area contributed by atoms with E-state index in [9.17, 15) is 10.2 Å². The van der Waals surface area contributed by atoms with Gasteiger partial charge in [-0.3, -0.25) is 0 Å². The van der Waals surface area contributed by atoms with Crippen LogP contribution in [0.15, 0.2) is 91.0 Å². The fourth-order valence-electron chi connectivity index (χ4n) is 3.72. The summed E-state index contributed by atoms with van der Waals surface area (Å²) in [7, 11) is 0. The Bertz CT molecular complexity index is 1150. The molecule has 1 unspecified atom stereocenters. The number of nitrogen functional groups attached to an aromatic ring is 2. The fraction of sp³-hybridized carbons (Fsp3) is 0.154. The van der Waals surface area contributed by atoms with Crippen LogP contribution < -0.4 is 22.1 Å². The molecule has 0 radical (unpaired) electrons. The highest BCUT2D eigenvalue weighted by atomic mass is 16.5. The van der Waals surface area contributed by atoms with Gasteiger partial charge in [0, 0.05) is 30.2 Å². The van der Waals surface area contributed by atoms with Crippen molar-refractivity contribution < 1.29 is 10.2 Å². The molecule has 0 bridgehead atoms. The first-order valence-electron chi connectivity index (χ1n) is 10.5. The standard InChI is InChI=1S/C26H28N4O2/c27-22-7-1-4-18(12-22)16-29-24-9-3-6-20(14-24)21-10-11-26(31,32)25(15-21)30-17-19-5-2-8-23(28)13-19/h1-15,25,29-32H,16-17,27-28H2. The third-order valence-corrected chi connectivity index (χ3v) is 5.43. The van der Waals surface area contributed by atoms with E-state index in [0.717, 1.165) is 33.6 Å². The first-order valence-corrected chi connectivity index (χ1v) is 10.5. The molecule has 8 N–H and O–H groups in total. The molecule has 0 aromatic heterocycles. The van der Waals surface area contributed by atoms with E-state index in [4.69, 9.17) is 11.5 Å². The summed E-state index contributed by atoms with van der Waals surface area (Å²) in [6, 6.07) is 22.6. The molecule has 0 heterocycles. The SMILES string of the molecule is Nc1cccc(CNc2cccc(C3=CC(NCc4cccc(N)c4)C(O)(O)C=C3)c2)c1. The Hall–Kier alpha value is -3.58. The van der Waals surface area contributed by atoms with E-state index in [-0.39, 0.29) is 0 Å². The first-order chi connectivity index (χ1) is 15.4. The Labute approximate surface area is 187 Å². The zero-order valence-corrected chi connectivity index (χ0v) is 17.7. The molecule has 3 aromatic carbocycles. The lowest BCUT2D eigenvalue weighted by atomic mass is 9.92. The summed E-state index contributed by atoms with van der Waals surface area (Å²) >= 11 is 0. The van der Waals surface area contributed by atoms with E-state index in [0.29, 0.717) is 18.8 Å². The second-order valence-corrected chi connectivity index (χ2v) is 8.02. The molecular weight excluding hydrogens is 400 g/mol. The van der Waals surface area contributed by atoms with Crippen molar-refractivity contribution >= 4 is 22.6 Å². The number of nitrogens with two attached hydrogens (primary N) is 2. The van der Waals surface area contributed by atoms with Crippen LogP contribution in [0.5, 0.6) is 0 Å². The van der Waals surface area contributed by atoms with Gasteiger partial charge >= 0.3 is 0 Å². The Morgan fingerprint density at radius 1 is 0.812 bits per heavy atom. The molecule has 0 spiro atoms. The van der Waals surface area contributed by atoms with Crippen molar-refractivity contribution in [3.8, 4) is 0 Å². The Morgan fingerprint density at radius 2 is 1.47 bits per heavy atom. The third-order valence-electron chi connectivity index (χ3n) is 5.43. The largest absolute Gasteiger partial charge is 0.399 e. The van der Waals surface area contributed by atoms with Gasteiger partial charge in [-0.05, 0) is 64.7 Å². The lowest BCUT2D eigenvalue weighted by molar-refractivity contribution is -0.133. The van der Waals surface area contributed by atoms with Gasteiger partial charge in [0.05, 0.1) is 6.04 Å². The van der Waals surface area contributed by atoms with Crippen LogP contribution in [0.2, 0.25) is 0 Å². The van der Waals surface area contributed by atoms with E-state index in [2.05, 4.69) is 10.6 Å². The molecule has 32 heavy (non-hydrogen) atoms. The van der Waals surface area contributed by atoms with Gasteiger partial charge < -0.3 is 32.3 Å². The highest BCUT2D eigenvalue weighted by Gasteiger charge is 2.32. The highest BCUT2D eigenvalue weighted by molar-refractivity contribution is 5.78. The summed E-state index contributed by atoms with van der Waals surface area (Å²) in [5.41, 5.74) is 18.0. The average Bonchev–Trinajstić information content (AvgIpc) is 2.77. The average molecular weight is 429 g/mol. The molecule has 1 atom stereocenters. The van der Waals surface area contributed by atoms with Gasteiger partial charge in [0.2, 0.25) is 5.79 Å². The fourth-order valence-corrected chi connectivity index (χ4v) is 3.72. The Balaban J connectivity index is 1.48. The van der Waals surface area contributed by atoms with Gasteiger partial charge in [0.1, 0.15) is 0 Å². The smallest absolute Gasteiger partial charge is 0.202 e. The molecule has 6 heteroatoms. The number of hydrogen-bond donors (Lipinski definition) is 6. The van der Waals surface area contributed by atoms with Crippen LogP contribution >= 0.6 is 0 Å². The van der Waals surface area contributed by atoms with Crippen LogP contribution in [0.1, 0.15) is 16.7 Å². The molecule has 6 nitrogen and oxygen atoms in total. The van der Waals surface area contributed by atoms with Gasteiger partial charge in [-0.2, -0.15) is 0 Å². The monoisotopic (exact) mass is 428 g/mol. The molecule has 164 valence electrons. The van der Waals surface area contributed by atoms with Crippen LogP contribution in [-0.2, 0) is 13.1 Å². The van der Waals surface area contributed by atoms with E-state index in [1.54, 1.807) is 6.08 Å². The molecule has 0 saturated carbocycles. The molecule has 0 saturated heterocycles. The quantitative estimate of drug-likeness (QED) is 0.254. The molecule has 1 aliphatic rings. The van der Waals surface area contributed by atoms with Crippen LogP contribution in [0.3, 0.4) is 0 Å². The predicted molar refractivity (Wildman–Crippen MR) is 130 cm³/mol. The van der Waals surface area contributed by atoms with Crippen molar-refractivity contribution in [3.63, 3.8) is 0 Å². The summed E-state index contributed by atoms with van der Waals surface area (Å²) in [5.74, 6) is -1.98. The zero-order chi connectivity index (χ0) is 22.6. The molecule has 0 aliphatic heterocycles. The van der Waals surface area contributed by atoms with Crippen LogP contribution in [0.25, 0.3) is 5.57 Å². The Kier molecular flexibility index (Phi) is 6.28. The maximum atomic E-state index is 10.4. The summed E-state index contributed by atoms with van der Waals surface area (Å²) in [5, 5.41) is 27.5. The molecular formula is C26H28N4O2. The van der Waals surface area contributed by atoms with Crippen molar-refractivity contribution in [2.24, 2.45) is 0 Å². The number of allylic oxidation sites excluding steroid dienone is 2. The topological polar surface area (TPSA) is 117 Å². The molecule has 0 amide bonds. The number of anilines is 3. The summed E-state index contributed by atoms with van der Waals surface area (Å²) in [6.07, 6.45) is 4.98. The number of rotatable bonds is 7. The highest BCUT2D eigenvalue weighted by Crippen LogP contribution is 2.28. The molecule has 1 aliphatic carbocycles. The van der Waals surface area contributed by atoms with Gasteiger partial charge in [-0.1, -0.05) is 48.6 Å². The van der Waals surface area contributed by atoms with Crippen molar-refractivity contribution in [1.82, 2.24) is 5.32 Å². The zero-order valence-electron chi connectivity index (χ0n) is 17.7. The van der Waals surface area contributed by atoms with E-state index >= 15 is 0 Å². The minimum absolute atomic E-state index is 0.456. The van der Waals surface area contributed by atoms with Gasteiger partial charge in [0.15, 0.2) is 0 Å². The second kappa shape index (κ2) is 9.28. The van der Waals surface area contributed by atoms with Crippen LogP contribution in [0.4, 0.5) is 17.1 Å². The number of nitrogens with one attached hydrogen (secondary N) is 2. The van der Waals surface area contributed by atoms with Crippen molar-refractivity contribution in [1.29, 1.82) is 0 Å². The predicted octanol–water partition coefficient (Wildman–Crippen LogP) is 3.26. The van der Waals surface area contributed by atoms with Crippen LogP contribution in [-0.4, -0.2) is 22.0 Å². The maximum absolute atomic E-state index is 10.4. The van der Waals surface area contributed by atoms with E-state index in [1.807, 2.05) is 78.9 Å². The maximum Gasteiger partial charge on any atom is 0.202 e. The first kappa shape index (κ1) is 21.6. The summed E-state index contributed by atoms with van der Waals surface area (Å²) in [4.78, 5) is 0. The number of benzene rings is 3. The molecule has 4 rings (SSSR count). The molecule has 0 fully saturated rings. The summed E-state index contributed by atoms with van der Waals surface area (Å²) in [6.45, 7) is 1.11. The van der Waals surface area contributed by atoms with Crippen LogP contribution in [0, 0.1) is 0 Å². The second-order valence-electron chi connectivity index (χ2n) is 8.02. The van der Waals surface area contributed by atoms with Gasteiger partial charge in [-0.15, -0.1) is 0 Å². The Morgan fingerprint density at radius 3 is 2.16 bits per heavy atom. The number of hydrogen-bond acceptors (Lipinski definition) is 6. The minimum Gasteiger partial charge on any atom is -0.399 e. The minimum atomic E-state index is -1.98. The lowest BCUT2D eigenvalue weighted by Crippen LogP contribution is -2.49.